The van der Waals surface area contributed by atoms with Gasteiger partial charge in [-0.2, -0.15) is 0 Å². The molecule has 1 rings (SSSR count). The van der Waals surface area contributed by atoms with E-state index in [0.29, 0.717) is 6.61 Å². The van der Waals surface area contributed by atoms with Crippen molar-refractivity contribution in [2.75, 3.05) is 19.7 Å². The summed E-state index contributed by atoms with van der Waals surface area (Å²) in [7, 11) is 0. The van der Waals surface area contributed by atoms with Gasteiger partial charge in [0.25, 0.3) is 0 Å². The van der Waals surface area contributed by atoms with Gasteiger partial charge in [0.15, 0.2) is 0 Å². The van der Waals surface area contributed by atoms with Gasteiger partial charge in [0.1, 0.15) is 0 Å². The van der Waals surface area contributed by atoms with Crippen LogP contribution in [0.2, 0.25) is 0 Å². The third kappa shape index (κ3) is 1.94. The highest BCUT2D eigenvalue weighted by Gasteiger charge is 2.30. The van der Waals surface area contributed by atoms with Crippen LogP contribution in [0.25, 0.3) is 0 Å². The van der Waals surface area contributed by atoms with Crippen molar-refractivity contribution in [3.63, 3.8) is 0 Å². The van der Waals surface area contributed by atoms with Gasteiger partial charge in [-0.15, -0.1) is 0 Å². The first-order chi connectivity index (χ1) is 5.29. The van der Waals surface area contributed by atoms with E-state index in [1.807, 2.05) is 0 Å². The van der Waals surface area contributed by atoms with Gasteiger partial charge >= 0.3 is 0 Å². The zero-order valence-electron chi connectivity index (χ0n) is 7.58. The van der Waals surface area contributed by atoms with E-state index >= 15 is 0 Å². The van der Waals surface area contributed by atoms with Crippen molar-refractivity contribution in [3.05, 3.63) is 0 Å². The van der Waals surface area contributed by atoms with Crippen LogP contribution in [0, 0.1) is 5.92 Å². The van der Waals surface area contributed by atoms with Crippen molar-refractivity contribution in [3.8, 4) is 0 Å². The second-order valence-corrected chi connectivity index (χ2v) is 3.47. The molecule has 2 unspecified atom stereocenters. The zero-order chi connectivity index (χ0) is 8.27. The van der Waals surface area contributed by atoms with Gasteiger partial charge in [0, 0.05) is 12.6 Å². The number of aliphatic hydroxyl groups is 1. The van der Waals surface area contributed by atoms with Gasteiger partial charge in [-0.3, -0.25) is 4.90 Å². The third-order valence-corrected chi connectivity index (χ3v) is 2.84. The largest absolute Gasteiger partial charge is 0.395 e. The molecule has 0 aliphatic heterocycles. The van der Waals surface area contributed by atoms with Crippen LogP contribution < -0.4 is 0 Å². The van der Waals surface area contributed by atoms with Crippen LogP contribution in [0.15, 0.2) is 0 Å². The molecule has 1 N–H and O–H groups in total. The van der Waals surface area contributed by atoms with Crippen LogP contribution in [0.3, 0.4) is 0 Å². The molecule has 0 radical (unpaired) electrons. The normalized spacial score (nSPS) is 30.5. The van der Waals surface area contributed by atoms with Crippen LogP contribution in [0.1, 0.15) is 26.7 Å². The van der Waals surface area contributed by atoms with Crippen LogP contribution in [0.5, 0.6) is 0 Å². The van der Waals surface area contributed by atoms with Gasteiger partial charge in [-0.25, -0.2) is 0 Å². The van der Waals surface area contributed by atoms with Crippen LogP contribution in [0.4, 0.5) is 0 Å². The van der Waals surface area contributed by atoms with E-state index in [-0.39, 0.29) is 0 Å². The molecule has 2 nitrogen and oxygen atoms in total. The Kier molecular flexibility index (Phi) is 3.34. The second kappa shape index (κ2) is 4.07. The average molecular weight is 157 g/mol. The summed E-state index contributed by atoms with van der Waals surface area (Å²) in [4.78, 5) is 2.38. The molecule has 66 valence electrons. The van der Waals surface area contributed by atoms with Gasteiger partial charge in [-0.05, 0) is 25.3 Å². The van der Waals surface area contributed by atoms with E-state index in [9.17, 15) is 0 Å². The Balaban J connectivity index is 2.29. The molecular formula is C9H19NO. The minimum Gasteiger partial charge on any atom is -0.395 e. The highest BCUT2D eigenvalue weighted by Crippen LogP contribution is 2.30. The van der Waals surface area contributed by atoms with Gasteiger partial charge < -0.3 is 5.11 Å². The highest BCUT2D eigenvalue weighted by molar-refractivity contribution is 4.85. The molecule has 0 amide bonds. The predicted octanol–water partition coefficient (Wildman–Crippen LogP) is 1.10. The molecule has 0 aromatic carbocycles. The van der Waals surface area contributed by atoms with Crippen molar-refractivity contribution in [1.29, 1.82) is 0 Å². The summed E-state index contributed by atoms with van der Waals surface area (Å²) in [5, 5.41) is 8.78. The number of rotatable bonds is 4. The van der Waals surface area contributed by atoms with Gasteiger partial charge in [-0.1, -0.05) is 13.8 Å². The first kappa shape index (κ1) is 9.01. The summed E-state index contributed by atoms with van der Waals surface area (Å²) < 4.78 is 0. The van der Waals surface area contributed by atoms with Crippen LogP contribution in [-0.2, 0) is 0 Å². The van der Waals surface area contributed by atoms with Gasteiger partial charge in [0.05, 0.1) is 6.61 Å². The van der Waals surface area contributed by atoms with Crippen LogP contribution >= 0.6 is 0 Å². The number of aliphatic hydroxyl groups excluding tert-OH is 1. The fourth-order valence-corrected chi connectivity index (χ4v) is 1.88. The van der Waals surface area contributed by atoms with E-state index in [2.05, 4.69) is 18.7 Å². The van der Waals surface area contributed by atoms with Crippen molar-refractivity contribution >= 4 is 0 Å². The zero-order valence-corrected chi connectivity index (χ0v) is 7.58. The van der Waals surface area contributed by atoms with E-state index in [0.717, 1.165) is 25.0 Å². The van der Waals surface area contributed by atoms with Crippen molar-refractivity contribution in [2.45, 2.75) is 32.7 Å². The molecule has 0 aromatic heterocycles. The van der Waals surface area contributed by atoms with E-state index < -0.39 is 0 Å². The first-order valence-electron chi connectivity index (χ1n) is 4.64. The molecule has 1 saturated carbocycles. The topological polar surface area (TPSA) is 23.5 Å². The molecular weight excluding hydrogens is 138 g/mol. The molecule has 1 fully saturated rings. The van der Waals surface area contributed by atoms with E-state index in [1.165, 1.54) is 12.8 Å². The standard InChI is InChI=1S/C9H19NO/c1-3-10(6-7-11)9-5-4-8(9)2/h8-9,11H,3-7H2,1-2H3. The van der Waals surface area contributed by atoms with Crippen molar-refractivity contribution < 1.29 is 5.11 Å². The number of nitrogens with zero attached hydrogens (tertiary/aromatic N) is 1. The molecule has 0 heterocycles. The molecule has 1 aliphatic carbocycles. The number of hydrogen-bond acceptors (Lipinski definition) is 2. The Hall–Kier alpha value is -0.0800. The maximum atomic E-state index is 8.78. The molecule has 1 aliphatic rings. The Morgan fingerprint density at radius 3 is 2.45 bits per heavy atom. The van der Waals surface area contributed by atoms with Crippen molar-refractivity contribution in [1.82, 2.24) is 4.90 Å². The summed E-state index contributed by atoms with van der Waals surface area (Å²) in [5.74, 6) is 0.849. The minimum atomic E-state index is 0.303. The van der Waals surface area contributed by atoms with E-state index in [4.69, 9.17) is 5.11 Å². The minimum absolute atomic E-state index is 0.303. The maximum absolute atomic E-state index is 8.78. The molecule has 0 aromatic rings. The smallest absolute Gasteiger partial charge is 0.0558 e. The first-order valence-corrected chi connectivity index (χ1v) is 4.64. The summed E-state index contributed by atoms with van der Waals surface area (Å²) >= 11 is 0. The summed E-state index contributed by atoms with van der Waals surface area (Å²) in [5.41, 5.74) is 0. The Labute approximate surface area is 69.2 Å². The molecule has 0 bridgehead atoms. The number of likely N-dealkylation sites (N-methyl/N-ethyl adjacent to an activating group) is 1. The summed E-state index contributed by atoms with van der Waals surface area (Å²) in [6, 6.07) is 0.757. The molecule has 11 heavy (non-hydrogen) atoms. The van der Waals surface area contributed by atoms with Gasteiger partial charge in [0.2, 0.25) is 0 Å². The highest BCUT2D eigenvalue weighted by atomic mass is 16.3. The Morgan fingerprint density at radius 1 is 1.45 bits per heavy atom. The third-order valence-electron chi connectivity index (χ3n) is 2.84. The molecule has 2 atom stereocenters. The lowest BCUT2D eigenvalue weighted by molar-refractivity contribution is 0.0611. The lowest BCUT2D eigenvalue weighted by Crippen LogP contribution is -2.46. The average Bonchev–Trinajstić information content (AvgIpc) is 2.01. The molecule has 2 heteroatoms. The summed E-state index contributed by atoms with van der Waals surface area (Å²) in [6.45, 7) is 6.70. The fourth-order valence-electron chi connectivity index (χ4n) is 1.88. The molecule has 0 spiro atoms. The SMILES string of the molecule is CCN(CCO)C1CCC1C. The fraction of sp³-hybridized carbons (Fsp3) is 1.00. The van der Waals surface area contributed by atoms with E-state index in [1.54, 1.807) is 0 Å². The van der Waals surface area contributed by atoms with Crippen LogP contribution in [-0.4, -0.2) is 35.7 Å². The second-order valence-electron chi connectivity index (χ2n) is 3.47. The Morgan fingerprint density at radius 2 is 2.18 bits per heavy atom. The lowest BCUT2D eigenvalue weighted by Gasteiger charge is -2.42. The predicted molar refractivity (Wildman–Crippen MR) is 46.5 cm³/mol. The molecule has 0 saturated heterocycles. The Bertz CT molecular complexity index is 116. The lowest BCUT2D eigenvalue weighted by atomic mass is 9.80. The summed E-state index contributed by atoms with van der Waals surface area (Å²) in [6.07, 6.45) is 2.70. The quantitative estimate of drug-likeness (QED) is 0.660. The monoisotopic (exact) mass is 157 g/mol. The van der Waals surface area contributed by atoms with Crippen molar-refractivity contribution in [2.24, 2.45) is 5.92 Å². The maximum Gasteiger partial charge on any atom is 0.0558 e. The number of hydrogen-bond donors (Lipinski definition) is 1.